The number of carbonyl (C=O) groups excluding carboxylic acids is 1. The molecule has 6 heteroatoms. The molecule has 1 amide bonds. The van der Waals surface area contributed by atoms with Gasteiger partial charge in [-0.05, 0) is 43.7 Å². The summed E-state index contributed by atoms with van der Waals surface area (Å²) < 4.78 is 13.9. The first-order valence-corrected chi connectivity index (χ1v) is 9.14. The molecular weight excluding hydrogens is 319 g/mol. The van der Waals surface area contributed by atoms with Gasteiger partial charge >= 0.3 is 0 Å². The van der Waals surface area contributed by atoms with E-state index in [0.29, 0.717) is 23.8 Å². The molecule has 2 aliphatic heterocycles. The molecule has 5 nitrogen and oxygen atoms in total. The molecule has 132 valence electrons. The predicted octanol–water partition coefficient (Wildman–Crippen LogP) is 3.00. The van der Waals surface area contributed by atoms with Crippen LogP contribution in [0.5, 0.6) is 0 Å². The minimum atomic E-state index is -0.313. The average Bonchev–Trinajstić information content (AvgIpc) is 3.17. The Labute approximate surface area is 146 Å². The van der Waals surface area contributed by atoms with Gasteiger partial charge < -0.3 is 9.80 Å². The topological polar surface area (TPSA) is 49.3 Å². The molecule has 0 bridgehead atoms. The number of amides is 1. The zero-order valence-corrected chi connectivity index (χ0v) is 14.3. The fraction of sp³-hybridized carbons (Fsp3) is 0.526. The number of fused-ring (bicyclic) bond motifs is 1. The molecule has 2 aromatic rings. The van der Waals surface area contributed by atoms with Crippen LogP contribution in [0, 0.1) is 11.7 Å². The van der Waals surface area contributed by atoms with Crippen LogP contribution in [0.4, 0.5) is 10.2 Å². The monoisotopic (exact) mass is 342 g/mol. The van der Waals surface area contributed by atoms with Crippen molar-refractivity contribution in [2.24, 2.45) is 5.92 Å². The van der Waals surface area contributed by atoms with E-state index in [1.54, 1.807) is 6.07 Å². The average molecular weight is 342 g/mol. The fourth-order valence-electron chi connectivity index (χ4n) is 3.98. The summed E-state index contributed by atoms with van der Waals surface area (Å²) in [6.45, 7) is 3.55. The van der Waals surface area contributed by atoms with Gasteiger partial charge in [-0.25, -0.2) is 14.4 Å². The smallest absolute Gasteiger partial charge is 0.222 e. The molecule has 0 saturated carbocycles. The minimum absolute atomic E-state index is 0.311. The van der Waals surface area contributed by atoms with E-state index in [4.69, 9.17) is 0 Å². The number of rotatable bonds is 3. The third-order valence-electron chi connectivity index (χ3n) is 5.43. The zero-order chi connectivity index (χ0) is 17.2. The van der Waals surface area contributed by atoms with Crippen molar-refractivity contribution in [2.45, 2.75) is 32.1 Å². The van der Waals surface area contributed by atoms with Gasteiger partial charge in [-0.2, -0.15) is 0 Å². The second kappa shape index (κ2) is 6.94. The highest BCUT2D eigenvalue weighted by Crippen LogP contribution is 2.29. The minimum Gasteiger partial charge on any atom is -0.356 e. The van der Waals surface area contributed by atoms with E-state index >= 15 is 0 Å². The van der Waals surface area contributed by atoms with Gasteiger partial charge in [0, 0.05) is 38.0 Å². The van der Waals surface area contributed by atoms with Gasteiger partial charge in [-0.3, -0.25) is 4.79 Å². The van der Waals surface area contributed by atoms with Crippen molar-refractivity contribution in [3.63, 3.8) is 0 Å². The van der Waals surface area contributed by atoms with Crippen molar-refractivity contribution in [1.82, 2.24) is 14.9 Å². The highest BCUT2D eigenvalue weighted by molar-refractivity contribution is 5.89. The predicted molar refractivity (Wildman–Crippen MR) is 94.9 cm³/mol. The van der Waals surface area contributed by atoms with Crippen LogP contribution >= 0.6 is 0 Å². The van der Waals surface area contributed by atoms with Crippen LogP contribution in [0.1, 0.15) is 32.1 Å². The van der Waals surface area contributed by atoms with E-state index in [2.05, 4.69) is 14.9 Å². The summed E-state index contributed by atoms with van der Waals surface area (Å²) in [5, 5.41) is 0.758. The summed E-state index contributed by atoms with van der Waals surface area (Å²) >= 11 is 0. The van der Waals surface area contributed by atoms with Gasteiger partial charge in [0.25, 0.3) is 0 Å². The van der Waals surface area contributed by atoms with Gasteiger partial charge in [0.2, 0.25) is 5.91 Å². The largest absolute Gasteiger partial charge is 0.356 e. The maximum Gasteiger partial charge on any atom is 0.222 e. The lowest BCUT2D eigenvalue weighted by molar-refractivity contribution is -0.131. The molecule has 2 fully saturated rings. The molecule has 2 aliphatic rings. The number of benzene rings is 1. The van der Waals surface area contributed by atoms with E-state index in [0.717, 1.165) is 63.1 Å². The molecule has 25 heavy (non-hydrogen) atoms. The Kier molecular flexibility index (Phi) is 4.51. The summed E-state index contributed by atoms with van der Waals surface area (Å²) in [5.74, 6) is 1.24. The number of nitrogens with zero attached hydrogens (tertiary/aromatic N) is 4. The first-order chi connectivity index (χ1) is 12.2. The Morgan fingerprint density at radius 1 is 1.12 bits per heavy atom. The van der Waals surface area contributed by atoms with E-state index in [1.807, 2.05) is 11.0 Å². The number of hydrogen-bond acceptors (Lipinski definition) is 4. The van der Waals surface area contributed by atoms with E-state index in [-0.39, 0.29) is 5.82 Å². The Morgan fingerprint density at radius 2 is 1.88 bits per heavy atom. The number of aromatic nitrogens is 2. The lowest BCUT2D eigenvalue weighted by Gasteiger charge is -2.33. The van der Waals surface area contributed by atoms with E-state index < -0.39 is 0 Å². The van der Waals surface area contributed by atoms with Crippen molar-refractivity contribution in [1.29, 1.82) is 0 Å². The SMILES string of the molecule is O=C(CC1CCN(c2ncnc3c(F)cccc23)CC1)N1CCCC1. The maximum absolute atomic E-state index is 13.9. The van der Waals surface area contributed by atoms with Gasteiger partial charge in [0.05, 0.1) is 0 Å². The molecule has 0 aliphatic carbocycles. The van der Waals surface area contributed by atoms with Crippen LogP contribution in [0.15, 0.2) is 24.5 Å². The summed E-state index contributed by atoms with van der Waals surface area (Å²) in [5.41, 5.74) is 0.374. The van der Waals surface area contributed by atoms with Gasteiger partial charge in [-0.15, -0.1) is 0 Å². The number of halogens is 1. The highest BCUT2D eigenvalue weighted by Gasteiger charge is 2.26. The second-order valence-corrected chi connectivity index (χ2v) is 7.06. The summed E-state index contributed by atoms with van der Waals surface area (Å²) in [7, 11) is 0. The van der Waals surface area contributed by atoms with Crippen LogP contribution in [-0.4, -0.2) is 47.0 Å². The molecule has 4 rings (SSSR count). The molecule has 2 saturated heterocycles. The summed E-state index contributed by atoms with van der Waals surface area (Å²) in [6, 6.07) is 5.00. The van der Waals surface area contributed by atoms with Crippen molar-refractivity contribution >= 4 is 22.6 Å². The molecule has 0 atom stereocenters. The number of hydrogen-bond donors (Lipinski definition) is 0. The molecule has 0 radical (unpaired) electrons. The quantitative estimate of drug-likeness (QED) is 0.860. The van der Waals surface area contributed by atoms with Crippen LogP contribution in [0.3, 0.4) is 0 Å². The van der Waals surface area contributed by atoms with Gasteiger partial charge in [0.1, 0.15) is 23.5 Å². The van der Waals surface area contributed by atoms with Gasteiger partial charge in [0.15, 0.2) is 0 Å². The third kappa shape index (κ3) is 3.30. The number of para-hydroxylation sites is 1. The van der Waals surface area contributed by atoms with E-state index in [1.165, 1.54) is 12.4 Å². The molecule has 1 aromatic heterocycles. The standard InChI is InChI=1S/C19H23FN4O/c20-16-5-3-4-15-18(16)21-13-22-19(15)24-10-6-14(7-11-24)12-17(25)23-8-1-2-9-23/h3-5,13-14H,1-2,6-12H2. The molecule has 0 unspecified atom stereocenters. The lowest BCUT2D eigenvalue weighted by atomic mass is 9.93. The van der Waals surface area contributed by atoms with E-state index in [9.17, 15) is 9.18 Å². The van der Waals surface area contributed by atoms with Crippen LogP contribution in [0.25, 0.3) is 10.9 Å². The highest BCUT2D eigenvalue weighted by atomic mass is 19.1. The molecule has 0 spiro atoms. The molecule has 3 heterocycles. The third-order valence-corrected chi connectivity index (χ3v) is 5.43. The van der Waals surface area contributed by atoms with Crippen molar-refractivity contribution < 1.29 is 9.18 Å². The molecule has 0 N–H and O–H groups in total. The number of piperidine rings is 1. The lowest BCUT2D eigenvalue weighted by Crippen LogP contribution is -2.37. The summed E-state index contributed by atoms with van der Waals surface area (Å²) in [6.07, 6.45) is 6.32. The Morgan fingerprint density at radius 3 is 2.64 bits per heavy atom. The second-order valence-electron chi connectivity index (χ2n) is 7.06. The van der Waals surface area contributed by atoms with Crippen LogP contribution < -0.4 is 4.90 Å². The Hall–Kier alpha value is -2.24. The Bertz CT molecular complexity index is 767. The number of carbonyl (C=O) groups is 1. The molecular formula is C19H23FN4O. The van der Waals surface area contributed by atoms with Crippen molar-refractivity contribution in [3.8, 4) is 0 Å². The number of likely N-dealkylation sites (tertiary alicyclic amines) is 1. The fourth-order valence-corrected chi connectivity index (χ4v) is 3.98. The first-order valence-electron chi connectivity index (χ1n) is 9.14. The number of anilines is 1. The maximum atomic E-state index is 13.9. The van der Waals surface area contributed by atoms with Crippen LogP contribution in [-0.2, 0) is 4.79 Å². The Balaban J connectivity index is 1.42. The summed E-state index contributed by atoms with van der Waals surface area (Å²) in [4.78, 5) is 25.0. The van der Waals surface area contributed by atoms with Crippen LogP contribution in [0.2, 0.25) is 0 Å². The molecule has 1 aromatic carbocycles. The van der Waals surface area contributed by atoms with Crippen molar-refractivity contribution in [3.05, 3.63) is 30.3 Å². The first kappa shape index (κ1) is 16.2. The normalized spacial score (nSPS) is 18.9. The van der Waals surface area contributed by atoms with Gasteiger partial charge in [-0.1, -0.05) is 6.07 Å². The zero-order valence-electron chi connectivity index (χ0n) is 14.3. The van der Waals surface area contributed by atoms with Crippen molar-refractivity contribution in [2.75, 3.05) is 31.1 Å².